The van der Waals surface area contributed by atoms with E-state index in [0.717, 1.165) is 11.6 Å². The SMILES string of the molecule is O=C(O)/C=C/C=C/c1ccc2c(c1)C(=O)c1ccccc1C2=O. The normalized spacial score (nSPS) is 13.4. The van der Waals surface area contributed by atoms with Crippen molar-refractivity contribution in [2.24, 2.45) is 0 Å². The summed E-state index contributed by atoms with van der Waals surface area (Å²) < 4.78 is 0. The number of hydrogen-bond acceptors (Lipinski definition) is 3. The first kappa shape index (κ1) is 14.7. The number of carbonyl (C=O) groups excluding carboxylic acids is 2. The molecule has 2 aromatic carbocycles. The van der Waals surface area contributed by atoms with Crippen LogP contribution >= 0.6 is 0 Å². The maximum absolute atomic E-state index is 12.6. The smallest absolute Gasteiger partial charge is 0.328 e. The van der Waals surface area contributed by atoms with Crippen LogP contribution < -0.4 is 0 Å². The lowest BCUT2D eigenvalue weighted by atomic mass is 9.83. The van der Waals surface area contributed by atoms with Gasteiger partial charge >= 0.3 is 5.97 Å². The van der Waals surface area contributed by atoms with Crippen LogP contribution in [-0.2, 0) is 4.79 Å². The second-order valence-corrected chi connectivity index (χ2v) is 5.07. The molecule has 1 N–H and O–H groups in total. The maximum Gasteiger partial charge on any atom is 0.328 e. The van der Waals surface area contributed by atoms with Crippen LogP contribution in [0.3, 0.4) is 0 Å². The predicted octanol–water partition coefficient (Wildman–Crippen LogP) is 3.12. The number of fused-ring (bicyclic) bond motifs is 2. The highest BCUT2D eigenvalue weighted by Gasteiger charge is 2.28. The molecule has 3 rings (SSSR count). The number of carboxylic acid groups (broad SMARTS) is 1. The van der Waals surface area contributed by atoms with Gasteiger partial charge in [0.05, 0.1) is 0 Å². The van der Waals surface area contributed by atoms with Gasteiger partial charge < -0.3 is 5.11 Å². The topological polar surface area (TPSA) is 71.4 Å². The molecular formula is C19H12O4. The van der Waals surface area contributed by atoms with E-state index in [0.29, 0.717) is 22.3 Å². The summed E-state index contributed by atoms with van der Waals surface area (Å²) in [6.07, 6.45) is 5.65. The van der Waals surface area contributed by atoms with Crippen molar-refractivity contribution in [3.63, 3.8) is 0 Å². The first-order valence-electron chi connectivity index (χ1n) is 6.98. The van der Waals surface area contributed by atoms with Crippen molar-refractivity contribution in [3.05, 3.63) is 88.5 Å². The molecule has 0 unspecified atom stereocenters. The third kappa shape index (κ3) is 2.74. The van der Waals surface area contributed by atoms with Gasteiger partial charge in [-0.1, -0.05) is 48.6 Å². The Morgan fingerprint density at radius 3 is 2.09 bits per heavy atom. The Morgan fingerprint density at radius 2 is 1.43 bits per heavy atom. The molecule has 2 aromatic rings. The average molecular weight is 304 g/mol. The zero-order valence-electron chi connectivity index (χ0n) is 12.0. The second kappa shape index (κ2) is 5.85. The van der Waals surface area contributed by atoms with Gasteiger partial charge in [0.15, 0.2) is 11.6 Å². The molecule has 0 aromatic heterocycles. The van der Waals surface area contributed by atoms with Crippen molar-refractivity contribution in [2.75, 3.05) is 0 Å². The molecule has 0 atom stereocenters. The third-order valence-electron chi connectivity index (χ3n) is 3.59. The van der Waals surface area contributed by atoms with Gasteiger partial charge in [0.1, 0.15) is 0 Å². The van der Waals surface area contributed by atoms with Crippen LogP contribution in [0.1, 0.15) is 37.4 Å². The van der Waals surface area contributed by atoms with Crippen LogP contribution in [0, 0.1) is 0 Å². The van der Waals surface area contributed by atoms with Crippen LogP contribution in [0.5, 0.6) is 0 Å². The Kier molecular flexibility index (Phi) is 3.73. The molecule has 4 heteroatoms. The number of hydrogen-bond donors (Lipinski definition) is 1. The molecule has 0 amide bonds. The number of allylic oxidation sites excluding steroid dienone is 2. The minimum atomic E-state index is -1.03. The summed E-state index contributed by atoms with van der Waals surface area (Å²) in [5.41, 5.74) is 2.33. The van der Waals surface area contributed by atoms with Crippen molar-refractivity contribution in [3.8, 4) is 0 Å². The van der Waals surface area contributed by atoms with Crippen LogP contribution in [-0.4, -0.2) is 22.6 Å². The minimum absolute atomic E-state index is 0.156. The predicted molar refractivity (Wildman–Crippen MR) is 85.6 cm³/mol. The number of aliphatic carboxylic acids is 1. The van der Waals surface area contributed by atoms with E-state index in [4.69, 9.17) is 5.11 Å². The first-order valence-corrected chi connectivity index (χ1v) is 6.98. The van der Waals surface area contributed by atoms with Gasteiger partial charge in [0, 0.05) is 28.3 Å². The molecule has 0 saturated carbocycles. The molecular weight excluding hydrogens is 292 g/mol. The molecule has 0 radical (unpaired) electrons. The van der Waals surface area contributed by atoms with Gasteiger partial charge in [-0.05, 0) is 17.7 Å². The minimum Gasteiger partial charge on any atom is -0.478 e. The molecule has 0 bridgehead atoms. The molecule has 112 valence electrons. The lowest BCUT2D eigenvalue weighted by molar-refractivity contribution is -0.131. The molecule has 0 heterocycles. The molecule has 23 heavy (non-hydrogen) atoms. The van der Waals surface area contributed by atoms with Gasteiger partial charge in [0.25, 0.3) is 0 Å². The fourth-order valence-electron chi connectivity index (χ4n) is 2.53. The van der Waals surface area contributed by atoms with Crippen molar-refractivity contribution in [1.29, 1.82) is 0 Å². The standard InChI is InChI=1S/C19H12O4/c20-17(21)8-4-1-5-12-9-10-15-16(11-12)19(23)14-7-3-2-6-13(14)18(15)22/h1-11H,(H,20,21)/b5-1+,8-4+. The van der Waals surface area contributed by atoms with E-state index in [-0.39, 0.29) is 11.6 Å². The van der Waals surface area contributed by atoms with E-state index in [1.54, 1.807) is 54.6 Å². The Labute approximate surface area is 132 Å². The highest BCUT2D eigenvalue weighted by Crippen LogP contribution is 2.28. The zero-order valence-corrected chi connectivity index (χ0v) is 12.0. The lowest BCUT2D eigenvalue weighted by Crippen LogP contribution is -2.20. The third-order valence-corrected chi connectivity index (χ3v) is 3.59. The quantitative estimate of drug-likeness (QED) is 0.596. The summed E-state index contributed by atoms with van der Waals surface area (Å²) in [5.74, 6) is -1.36. The van der Waals surface area contributed by atoms with Gasteiger partial charge in [-0.3, -0.25) is 9.59 Å². The van der Waals surface area contributed by atoms with E-state index in [9.17, 15) is 14.4 Å². The Bertz CT molecular complexity index is 888. The molecule has 1 aliphatic rings. The number of carboxylic acids is 1. The van der Waals surface area contributed by atoms with E-state index >= 15 is 0 Å². The van der Waals surface area contributed by atoms with Gasteiger partial charge in [0.2, 0.25) is 0 Å². The summed E-state index contributed by atoms with van der Waals surface area (Å²) in [5, 5.41) is 8.52. The van der Waals surface area contributed by atoms with E-state index in [2.05, 4.69) is 0 Å². The van der Waals surface area contributed by atoms with E-state index < -0.39 is 5.97 Å². The first-order chi connectivity index (χ1) is 11.1. The van der Waals surface area contributed by atoms with E-state index in [1.807, 2.05) is 0 Å². The maximum atomic E-state index is 12.6. The summed E-state index contributed by atoms with van der Waals surface area (Å²) in [6.45, 7) is 0. The summed E-state index contributed by atoms with van der Waals surface area (Å²) in [7, 11) is 0. The zero-order chi connectivity index (χ0) is 16.4. The van der Waals surface area contributed by atoms with Crippen LogP contribution in [0.2, 0.25) is 0 Å². The highest BCUT2D eigenvalue weighted by molar-refractivity contribution is 6.28. The molecule has 0 aliphatic heterocycles. The molecule has 4 nitrogen and oxygen atoms in total. The van der Waals surface area contributed by atoms with Crippen LogP contribution in [0.15, 0.2) is 60.7 Å². The number of benzene rings is 2. The monoisotopic (exact) mass is 304 g/mol. The summed E-state index contributed by atoms with van der Waals surface area (Å²) in [6, 6.07) is 11.8. The molecule has 1 aliphatic carbocycles. The summed E-state index contributed by atoms with van der Waals surface area (Å²) in [4.78, 5) is 35.4. The van der Waals surface area contributed by atoms with Crippen molar-refractivity contribution in [1.82, 2.24) is 0 Å². The van der Waals surface area contributed by atoms with Gasteiger partial charge in [-0.2, -0.15) is 0 Å². The Morgan fingerprint density at radius 1 is 0.826 bits per heavy atom. The molecule has 0 fully saturated rings. The summed E-state index contributed by atoms with van der Waals surface area (Å²) >= 11 is 0. The van der Waals surface area contributed by atoms with Crippen LogP contribution in [0.25, 0.3) is 6.08 Å². The average Bonchev–Trinajstić information content (AvgIpc) is 2.56. The molecule has 0 spiro atoms. The fourth-order valence-corrected chi connectivity index (χ4v) is 2.53. The lowest BCUT2D eigenvalue weighted by Gasteiger charge is -2.17. The van der Waals surface area contributed by atoms with Crippen LogP contribution in [0.4, 0.5) is 0 Å². The van der Waals surface area contributed by atoms with Crippen molar-refractivity contribution < 1.29 is 19.5 Å². The van der Waals surface area contributed by atoms with Crippen molar-refractivity contribution >= 4 is 23.6 Å². The Balaban J connectivity index is 1.99. The van der Waals surface area contributed by atoms with E-state index in [1.165, 1.54) is 6.08 Å². The number of ketones is 2. The molecule has 0 saturated heterocycles. The fraction of sp³-hybridized carbons (Fsp3) is 0. The Hall–Kier alpha value is -3.27. The van der Waals surface area contributed by atoms with Gasteiger partial charge in [-0.25, -0.2) is 4.79 Å². The second-order valence-electron chi connectivity index (χ2n) is 5.07. The highest BCUT2D eigenvalue weighted by atomic mass is 16.4. The number of carbonyl (C=O) groups is 3. The van der Waals surface area contributed by atoms with Crippen molar-refractivity contribution in [2.45, 2.75) is 0 Å². The number of rotatable bonds is 3. The largest absolute Gasteiger partial charge is 0.478 e. The van der Waals surface area contributed by atoms with Gasteiger partial charge in [-0.15, -0.1) is 0 Å².